The second-order valence-electron chi connectivity index (χ2n) is 7.68. The van der Waals surface area contributed by atoms with Crippen LogP contribution in [-0.2, 0) is 14.2 Å². The second-order valence-corrected chi connectivity index (χ2v) is 19.9. The third kappa shape index (κ3) is 5.68. The van der Waals surface area contributed by atoms with Gasteiger partial charge < -0.3 is 0 Å². The topological polar surface area (TPSA) is 35.5 Å². The Labute approximate surface area is 147 Å². The maximum absolute atomic E-state index is 13.1. The number of esters is 1. The molecule has 2 unspecified atom stereocenters. The summed E-state index contributed by atoms with van der Waals surface area (Å²) in [6.07, 6.45) is -1.11. The van der Waals surface area contributed by atoms with E-state index in [1.807, 2.05) is 27.7 Å². The summed E-state index contributed by atoms with van der Waals surface area (Å²) in [4.78, 5) is 12.6. The first-order chi connectivity index (χ1) is 10.7. The van der Waals surface area contributed by atoms with Crippen molar-refractivity contribution in [2.75, 3.05) is 0 Å². The molecular weight excluding hydrogens is 381 g/mol. The van der Waals surface area contributed by atoms with Crippen molar-refractivity contribution in [2.45, 2.75) is 93.5 Å². The fraction of sp³-hybridized carbons (Fsp3) is 0.938. The molecule has 0 aliphatic rings. The molecule has 8 heteroatoms. The van der Waals surface area contributed by atoms with Crippen LogP contribution in [0.15, 0.2) is 0 Å². The molecule has 3 nitrogen and oxygen atoms in total. The zero-order chi connectivity index (χ0) is 19.4. The molecule has 0 bridgehead atoms. The van der Waals surface area contributed by atoms with Gasteiger partial charge in [0.2, 0.25) is 0 Å². The zero-order valence-electron chi connectivity index (χ0n) is 16.3. The number of rotatable bonds is 9. The first-order valence-corrected chi connectivity index (χ1v) is 14.3. The van der Waals surface area contributed by atoms with Crippen molar-refractivity contribution in [2.24, 2.45) is 0 Å². The molecule has 0 aromatic rings. The molecule has 2 atom stereocenters. The Balaban J connectivity index is 6.10. The summed E-state index contributed by atoms with van der Waals surface area (Å²) in [6.45, 7) is 14.7. The summed E-state index contributed by atoms with van der Waals surface area (Å²) >= 11 is -2.80. The Morgan fingerprint density at radius 1 is 1.00 bits per heavy atom. The summed E-state index contributed by atoms with van der Waals surface area (Å²) in [7, 11) is -5.55. The fourth-order valence-electron chi connectivity index (χ4n) is 3.78. The Morgan fingerprint density at radius 2 is 1.42 bits per heavy atom. The van der Waals surface area contributed by atoms with Gasteiger partial charge in [0.15, 0.2) is 0 Å². The average Bonchev–Trinajstić information content (AvgIpc) is 2.44. The van der Waals surface area contributed by atoms with Gasteiger partial charge >= 0.3 is 147 Å². The number of ether oxygens (including phenoxy) is 1. The van der Waals surface area contributed by atoms with Gasteiger partial charge in [0, 0.05) is 0 Å². The van der Waals surface area contributed by atoms with Crippen molar-refractivity contribution in [3.05, 3.63) is 0 Å². The second kappa shape index (κ2) is 8.47. The Kier molecular flexibility index (Phi) is 8.41. The molecule has 24 heavy (non-hydrogen) atoms. The third-order valence-electron chi connectivity index (χ3n) is 5.47. The Morgan fingerprint density at radius 3 is 1.67 bits per heavy atom. The average molecular weight is 414 g/mol. The summed E-state index contributed by atoms with van der Waals surface area (Å²) in [6, 6.07) is 0. The summed E-state index contributed by atoms with van der Waals surface area (Å²) < 4.78 is 48.3. The van der Waals surface area contributed by atoms with E-state index in [0.29, 0.717) is 6.42 Å². The van der Waals surface area contributed by atoms with Crippen LogP contribution in [-0.4, -0.2) is 38.1 Å². The van der Waals surface area contributed by atoms with Crippen LogP contribution in [0, 0.1) is 0 Å². The van der Waals surface area contributed by atoms with E-state index < -0.39 is 42.4 Å². The number of hydrogen-bond donors (Lipinski definition) is 0. The quantitative estimate of drug-likeness (QED) is 0.357. The Hall–Kier alpha value is -0.172. The van der Waals surface area contributed by atoms with E-state index in [9.17, 15) is 17.7 Å². The normalized spacial score (nSPS) is 17.3. The van der Waals surface area contributed by atoms with Crippen molar-refractivity contribution >= 4 is 26.4 Å². The van der Waals surface area contributed by atoms with Gasteiger partial charge in [-0.15, -0.1) is 0 Å². The van der Waals surface area contributed by atoms with Crippen LogP contribution in [0.3, 0.4) is 0 Å². The summed E-state index contributed by atoms with van der Waals surface area (Å²) in [5, 5.41) is 2.56. The standard InChI is InChI=1S/C16H33BF3GeO3/c1-9-16(8,21(10-2,11-3)12-4)13(24-17(18,19)20)14(22)23-15(5,6)7/h13H,9-12H2,1-8H3/q-1. The maximum atomic E-state index is 13.1. The predicted octanol–water partition coefficient (Wildman–Crippen LogP) is 5.74. The van der Waals surface area contributed by atoms with E-state index in [4.69, 9.17) is 4.74 Å². The van der Waals surface area contributed by atoms with Gasteiger partial charge in [-0.05, 0) is 0 Å². The van der Waals surface area contributed by atoms with E-state index in [2.05, 4.69) is 4.65 Å². The van der Waals surface area contributed by atoms with Crippen LogP contribution in [0.2, 0.25) is 20.0 Å². The van der Waals surface area contributed by atoms with Crippen LogP contribution >= 0.6 is 0 Å². The molecule has 0 aliphatic heterocycles. The van der Waals surface area contributed by atoms with E-state index in [1.54, 1.807) is 27.7 Å². The zero-order valence-corrected chi connectivity index (χ0v) is 18.4. The van der Waals surface area contributed by atoms with Gasteiger partial charge in [0.05, 0.1) is 0 Å². The first kappa shape index (κ1) is 23.8. The predicted molar refractivity (Wildman–Crippen MR) is 95.7 cm³/mol. The number of carbonyl (C=O) groups is 1. The van der Waals surface area contributed by atoms with Crippen molar-refractivity contribution < 1.29 is 27.1 Å². The number of carbonyl (C=O) groups excluding carboxylic acids is 1. The van der Waals surface area contributed by atoms with Crippen molar-refractivity contribution in [1.82, 2.24) is 0 Å². The molecule has 0 saturated carbocycles. The molecule has 0 N–H and O–H groups in total. The molecule has 0 fully saturated rings. The fourth-order valence-corrected chi connectivity index (χ4v) is 15.1. The molecule has 0 rings (SSSR count). The van der Waals surface area contributed by atoms with Crippen molar-refractivity contribution in [3.63, 3.8) is 0 Å². The third-order valence-corrected chi connectivity index (χ3v) is 20.4. The molecule has 0 saturated heterocycles. The van der Waals surface area contributed by atoms with E-state index in [-0.39, 0.29) is 0 Å². The summed E-state index contributed by atoms with van der Waals surface area (Å²) in [5.74, 6) is -0.892. The van der Waals surface area contributed by atoms with Crippen molar-refractivity contribution in [1.29, 1.82) is 0 Å². The molecule has 0 aromatic heterocycles. The molecule has 0 heterocycles. The molecule has 0 spiro atoms. The van der Waals surface area contributed by atoms with Crippen LogP contribution in [0.4, 0.5) is 12.9 Å². The SMILES string of the molecule is CC[C](C)(C(O[B-](F)(F)F)C(=O)OC(C)(C)C)[Ge]([CH2]C)([CH2]C)[CH2]C. The van der Waals surface area contributed by atoms with E-state index >= 15 is 0 Å². The van der Waals surface area contributed by atoms with Gasteiger partial charge in [-0.1, -0.05) is 0 Å². The van der Waals surface area contributed by atoms with Gasteiger partial charge in [0.25, 0.3) is 0 Å². The molecule has 0 radical (unpaired) electrons. The van der Waals surface area contributed by atoms with Gasteiger partial charge in [-0.2, -0.15) is 0 Å². The van der Waals surface area contributed by atoms with Gasteiger partial charge in [-0.25, -0.2) is 0 Å². The molecular formula is C16H33BF3GeO3-. The first-order valence-electron chi connectivity index (χ1n) is 8.81. The molecule has 0 amide bonds. The van der Waals surface area contributed by atoms with Gasteiger partial charge in [0.1, 0.15) is 0 Å². The van der Waals surface area contributed by atoms with E-state index in [1.165, 1.54) is 0 Å². The molecule has 144 valence electrons. The van der Waals surface area contributed by atoms with Crippen LogP contribution in [0.1, 0.15) is 61.8 Å². The van der Waals surface area contributed by atoms with Crippen molar-refractivity contribution in [3.8, 4) is 0 Å². The van der Waals surface area contributed by atoms with Crippen LogP contribution in [0.25, 0.3) is 0 Å². The minimum absolute atomic E-state index is 0.471. The summed E-state index contributed by atoms with van der Waals surface area (Å²) in [5.41, 5.74) is -0.855. The minimum atomic E-state index is -5.55. The van der Waals surface area contributed by atoms with Crippen LogP contribution in [0.5, 0.6) is 0 Å². The number of halogens is 3. The monoisotopic (exact) mass is 415 g/mol. The van der Waals surface area contributed by atoms with E-state index in [0.717, 1.165) is 15.8 Å². The molecule has 0 aromatic carbocycles. The van der Waals surface area contributed by atoms with Gasteiger partial charge in [-0.3, -0.25) is 0 Å². The van der Waals surface area contributed by atoms with Crippen LogP contribution < -0.4 is 0 Å². The number of hydrogen-bond acceptors (Lipinski definition) is 3. The Bertz CT molecular complexity index is 412. The molecule has 0 aliphatic carbocycles.